The van der Waals surface area contributed by atoms with E-state index < -0.39 is 0 Å². The van der Waals surface area contributed by atoms with Crippen LogP contribution >= 0.6 is 0 Å². The molecule has 2 aromatic carbocycles. The van der Waals surface area contributed by atoms with Crippen molar-refractivity contribution in [1.82, 2.24) is 10.6 Å². The number of carbonyl (C=O) groups is 1. The maximum atomic E-state index is 12.2. The lowest BCUT2D eigenvalue weighted by molar-refractivity contribution is 0.177. The Hall–Kier alpha value is -2.29. The van der Waals surface area contributed by atoms with Crippen LogP contribution in [-0.4, -0.2) is 6.03 Å². The highest BCUT2D eigenvalue weighted by Crippen LogP contribution is 2.40. The normalized spacial score (nSPS) is 15.7. The third-order valence-corrected chi connectivity index (χ3v) is 4.46. The molecular weight excluding hydrogens is 272 g/mol. The topological polar surface area (TPSA) is 41.1 Å². The van der Waals surface area contributed by atoms with Crippen molar-refractivity contribution in [2.24, 2.45) is 0 Å². The van der Waals surface area contributed by atoms with Gasteiger partial charge in [0.25, 0.3) is 0 Å². The number of carbonyl (C=O) groups excluding carboxylic acids is 1. The minimum absolute atomic E-state index is 0.0934. The largest absolute Gasteiger partial charge is 0.334 e. The number of benzene rings is 2. The summed E-state index contributed by atoms with van der Waals surface area (Å²) < 4.78 is 0. The van der Waals surface area contributed by atoms with Crippen LogP contribution in [0.4, 0.5) is 4.79 Å². The van der Waals surface area contributed by atoms with Crippen molar-refractivity contribution in [3.8, 4) is 0 Å². The minimum atomic E-state index is -0.182. The highest BCUT2D eigenvalue weighted by Gasteiger charge is 2.39. The van der Waals surface area contributed by atoms with Gasteiger partial charge in [-0.25, -0.2) is 4.79 Å². The molecule has 3 rings (SSSR count). The monoisotopic (exact) mass is 294 g/mol. The Morgan fingerprint density at radius 2 is 1.73 bits per heavy atom. The van der Waals surface area contributed by atoms with E-state index in [4.69, 9.17) is 0 Å². The Morgan fingerprint density at radius 3 is 2.32 bits per heavy atom. The second kappa shape index (κ2) is 6.22. The highest BCUT2D eigenvalue weighted by molar-refractivity contribution is 5.75. The SMILES string of the molecule is Cc1ccc(CNC(=O)NC2(c3ccccc3)CCC2)cc1. The Morgan fingerprint density at radius 1 is 1.05 bits per heavy atom. The zero-order valence-electron chi connectivity index (χ0n) is 12.9. The van der Waals surface area contributed by atoms with Crippen LogP contribution in [0.2, 0.25) is 0 Å². The molecule has 1 fully saturated rings. The first-order chi connectivity index (χ1) is 10.7. The van der Waals surface area contributed by atoms with Crippen LogP contribution in [0.25, 0.3) is 0 Å². The van der Waals surface area contributed by atoms with Crippen molar-refractivity contribution in [2.45, 2.75) is 38.3 Å². The standard InChI is InChI=1S/C19H22N2O/c1-15-8-10-16(11-9-15)14-20-18(22)21-19(12-5-13-19)17-6-3-2-4-7-17/h2-4,6-11H,5,12-14H2,1H3,(H2,20,21,22). The average Bonchev–Trinajstić information content (AvgIpc) is 2.51. The first-order valence-electron chi connectivity index (χ1n) is 7.85. The molecule has 0 atom stereocenters. The summed E-state index contributed by atoms with van der Waals surface area (Å²) in [5.41, 5.74) is 3.36. The number of rotatable bonds is 4. The van der Waals surface area contributed by atoms with Gasteiger partial charge in [-0.05, 0) is 37.3 Å². The van der Waals surface area contributed by atoms with Gasteiger partial charge in [-0.2, -0.15) is 0 Å². The molecule has 1 aliphatic rings. The summed E-state index contributed by atoms with van der Waals surface area (Å²) in [5, 5.41) is 6.14. The number of hydrogen-bond acceptors (Lipinski definition) is 1. The smallest absolute Gasteiger partial charge is 0.315 e. The average molecular weight is 294 g/mol. The van der Waals surface area contributed by atoms with Gasteiger partial charge in [-0.1, -0.05) is 60.2 Å². The summed E-state index contributed by atoms with van der Waals surface area (Å²) in [7, 11) is 0. The van der Waals surface area contributed by atoms with Gasteiger partial charge in [0.15, 0.2) is 0 Å². The number of hydrogen-bond donors (Lipinski definition) is 2. The van der Waals surface area contributed by atoms with Crippen molar-refractivity contribution < 1.29 is 4.79 Å². The summed E-state index contributed by atoms with van der Waals surface area (Å²) in [6.45, 7) is 2.61. The molecule has 2 amide bonds. The fourth-order valence-electron chi connectivity index (χ4n) is 2.92. The van der Waals surface area contributed by atoms with Crippen LogP contribution in [0.1, 0.15) is 36.0 Å². The van der Waals surface area contributed by atoms with Crippen molar-refractivity contribution in [3.05, 3.63) is 71.3 Å². The summed E-state index contributed by atoms with van der Waals surface area (Å²) >= 11 is 0. The van der Waals surface area contributed by atoms with E-state index in [-0.39, 0.29) is 11.6 Å². The lowest BCUT2D eigenvalue weighted by Gasteiger charge is -2.43. The molecule has 3 nitrogen and oxygen atoms in total. The second-order valence-corrected chi connectivity index (χ2v) is 6.09. The van der Waals surface area contributed by atoms with E-state index in [1.165, 1.54) is 11.1 Å². The van der Waals surface area contributed by atoms with Gasteiger partial charge in [0.1, 0.15) is 0 Å². The van der Waals surface area contributed by atoms with Gasteiger partial charge < -0.3 is 10.6 Å². The Kier molecular flexibility index (Phi) is 4.14. The molecule has 1 aliphatic carbocycles. The molecule has 2 aromatic rings. The first-order valence-corrected chi connectivity index (χ1v) is 7.85. The molecule has 0 spiro atoms. The molecule has 2 N–H and O–H groups in total. The lowest BCUT2D eigenvalue weighted by atomic mass is 9.72. The van der Waals surface area contributed by atoms with Crippen molar-refractivity contribution in [1.29, 1.82) is 0 Å². The zero-order chi connectivity index (χ0) is 15.4. The molecular formula is C19H22N2O. The van der Waals surface area contributed by atoms with Crippen LogP contribution in [0.15, 0.2) is 54.6 Å². The fraction of sp³-hybridized carbons (Fsp3) is 0.316. The van der Waals surface area contributed by atoms with E-state index in [2.05, 4.69) is 41.8 Å². The number of urea groups is 1. The molecule has 114 valence electrons. The van der Waals surface area contributed by atoms with Crippen LogP contribution in [0.3, 0.4) is 0 Å². The van der Waals surface area contributed by atoms with E-state index in [1.54, 1.807) is 0 Å². The van der Waals surface area contributed by atoms with E-state index in [0.29, 0.717) is 6.54 Å². The molecule has 0 aromatic heterocycles. The van der Waals surface area contributed by atoms with Gasteiger partial charge in [-0.15, -0.1) is 0 Å². The van der Waals surface area contributed by atoms with Gasteiger partial charge >= 0.3 is 6.03 Å². The van der Waals surface area contributed by atoms with Crippen molar-refractivity contribution in [3.63, 3.8) is 0 Å². The molecule has 0 radical (unpaired) electrons. The summed E-state index contributed by atoms with van der Waals surface area (Å²) in [5.74, 6) is 0. The zero-order valence-corrected chi connectivity index (χ0v) is 12.9. The van der Waals surface area contributed by atoms with Crippen LogP contribution < -0.4 is 10.6 Å². The van der Waals surface area contributed by atoms with E-state index in [1.807, 2.05) is 30.3 Å². The third-order valence-electron chi connectivity index (χ3n) is 4.46. The van der Waals surface area contributed by atoms with E-state index >= 15 is 0 Å². The molecule has 0 bridgehead atoms. The maximum absolute atomic E-state index is 12.2. The predicted molar refractivity (Wildman–Crippen MR) is 88.5 cm³/mol. The summed E-state index contributed by atoms with van der Waals surface area (Å²) in [4.78, 5) is 12.2. The molecule has 0 saturated heterocycles. The molecule has 0 unspecified atom stereocenters. The Bertz CT molecular complexity index is 630. The summed E-state index contributed by atoms with van der Waals surface area (Å²) in [6.07, 6.45) is 3.18. The predicted octanol–water partition coefficient (Wildman–Crippen LogP) is 3.87. The molecule has 22 heavy (non-hydrogen) atoms. The first kappa shape index (κ1) is 14.6. The van der Waals surface area contributed by atoms with Gasteiger partial charge in [-0.3, -0.25) is 0 Å². The highest BCUT2D eigenvalue weighted by atomic mass is 16.2. The quantitative estimate of drug-likeness (QED) is 0.883. The third kappa shape index (κ3) is 3.14. The van der Waals surface area contributed by atoms with Crippen LogP contribution in [-0.2, 0) is 12.1 Å². The fourth-order valence-corrected chi connectivity index (χ4v) is 2.92. The van der Waals surface area contributed by atoms with Crippen molar-refractivity contribution >= 4 is 6.03 Å². The van der Waals surface area contributed by atoms with E-state index in [0.717, 1.165) is 24.8 Å². The lowest BCUT2D eigenvalue weighted by Crippen LogP contribution is -2.53. The summed E-state index contributed by atoms with van der Waals surface area (Å²) in [6, 6.07) is 18.4. The molecule has 0 aliphatic heterocycles. The molecule has 3 heteroatoms. The number of aryl methyl sites for hydroxylation is 1. The van der Waals surface area contributed by atoms with Gasteiger partial charge in [0.2, 0.25) is 0 Å². The number of nitrogens with one attached hydrogen (secondary N) is 2. The second-order valence-electron chi connectivity index (χ2n) is 6.09. The Labute approximate surface area is 131 Å². The van der Waals surface area contributed by atoms with Gasteiger partial charge in [0, 0.05) is 6.54 Å². The van der Waals surface area contributed by atoms with Crippen molar-refractivity contribution in [2.75, 3.05) is 0 Å². The van der Waals surface area contributed by atoms with Crippen LogP contribution in [0.5, 0.6) is 0 Å². The van der Waals surface area contributed by atoms with E-state index in [9.17, 15) is 4.79 Å². The van der Waals surface area contributed by atoms with Crippen LogP contribution in [0, 0.1) is 6.92 Å². The Balaban J connectivity index is 1.60. The molecule has 1 saturated carbocycles. The molecule has 0 heterocycles. The van der Waals surface area contributed by atoms with Gasteiger partial charge in [0.05, 0.1) is 5.54 Å². The minimum Gasteiger partial charge on any atom is -0.334 e. The number of amides is 2. The maximum Gasteiger partial charge on any atom is 0.315 e.